The van der Waals surface area contributed by atoms with Crippen molar-refractivity contribution in [3.05, 3.63) is 60.9 Å². The third kappa shape index (κ3) is 3.84. The Morgan fingerprint density at radius 3 is 2.45 bits per heavy atom. The van der Waals surface area contributed by atoms with Gasteiger partial charge < -0.3 is 14.8 Å². The number of hydrogen-bond acceptors (Lipinski definition) is 5. The van der Waals surface area contributed by atoms with Crippen molar-refractivity contribution in [1.82, 2.24) is 19.4 Å². The average Bonchev–Trinajstić information content (AvgIpc) is 3.13. The van der Waals surface area contributed by atoms with Crippen molar-refractivity contribution in [3.63, 3.8) is 0 Å². The molecule has 1 fully saturated rings. The zero-order chi connectivity index (χ0) is 21.2. The van der Waals surface area contributed by atoms with Gasteiger partial charge in [0, 0.05) is 72.6 Å². The molecule has 0 unspecified atom stereocenters. The molecule has 1 saturated heterocycles. The Kier molecular flexibility index (Phi) is 5.26. The predicted octanol–water partition coefficient (Wildman–Crippen LogP) is 3.37. The predicted molar refractivity (Wildman–Crippen MR) is 124 cm³/mol. The molecule has 0 atom stereocenters. The highest BCUT2D eigenvalue weighted by atomic mass is 16.2. The number of benzene rings is 2. The first-order valence-electron chi connectivity index (χ1n) is 10.8. The van der Waals surface area contributed by atoms with Crippen molar-refractivity contribution >= 4 is 39.3 Å². The minimum atomic E-state index is 0.0167. The van der Waals surface area contributed by atoms with E-state index in [1.54, 1.807) is 12.4 Å². The quantitative estimate of drug-likeness (QED) is 0.542. The molecule has 5 rings (SSSR count). The number of nitrogens with one attached hydrogen (secondary N) is 1. The summed E-state index contributed by atoms with van der Waals surface area (Å²) in [6.07, 6.45) is 3.52. The highest BCUT2D eigenvalue weighted by Crippen LogP contribution is 2.31. The number of aryl methyl sites for hydroxylation is 1. The van der Waals surface area contributed by atoms with E-state index in [-0.39, 0.29) is 5.91 Å². The first-order valence-corrected chi connectivity index (χ1v) is 10.8. The second-order valence-electron chi connectivity index (χ2n) is 7.85. The van der Waals surface area contributed by atoms with Crippen LogP contribution in [0.3, 0.4) is 0 Å². The maximum absolute atomic E-state index is 12.7. The van der Waals surface area contributed by atoms with Gasteiger partial charge in [0.15, 0.2) is 0 Å². The first kappa shape index (κ1) is 19.5. The van der Waals surface area contributed by atoms with Gasteiger partial charge in [0.25, 0.3) is 0 Å². The molecule has 7 heteroatoms. The molecular formula is C24H26N6O. The average molecular weight is 415 g/mol. The summed E-state index contributed by atoms with van der Waals surface area (Å²) in [7, 11) is 0. The van der Waals surface area contributed by atoms with E-state index in [4.69, 9.17) is 0 Å². The Morgan fingerprint density at radius 2 is 1.68 bits per heavy atom. The number of anilines is 2. The summed E-state index contributed by atoms with van der Waals surface area (Å²) in [4.78, 5) is 25.7. The van der Waals surface area contributed by atoms with E-state index in [1.807, 2.05) is 12.1 Å². The fraction of sp³-hybridized carbons (Fsp3) is 0.292. The second-order valence-corrected chi connectivity index (χ2v) is 7.85. The number of aromatic nitrogens is 3. The van der Waals surface area contributed by atoms with Crippen molar-refractivity contribution in [3.8, 4) is 0 Å². The maximum Gasteiger partial charge on any atom is 0.238 e. The summed E-state index contributed by atoms with van der Waals surface area (Å²) in [5.74, 6) is 0.772. The largest absolute Gasteiger partial charge is 0.341 e. The van der Waals surface area contributed by atoms with E-state index in [0.717, 1.165) is 44.4 Å². The van der Waals surface area contributed by atoms with Crippen LogP contribution in [0.4, 0.5) is 11.6 Å². The normalized spacial score (nSPS) is 14.9. The highest BCUT2D eigenvalue weighted by Gasteiger charge is 2.20. The third-order valence-electron chi connectivity index (χ3n) is 5.95. The van der Waals surface area contributed by atoms with Crippen LogP contribution in [0.2, 0.25) is 0 Å². The van der Waals surface area contributed by atoms with Crippen LogP contribution >= 0.6 is 0 Å². The fourth-order valence-electron chi connectivity index (χ4n) is 4.44. The van der Waals surface area contributed by atoms with Crippen molar-refractivity contribution in [2.75, 3.05) is 42.9 Å². The molecule has 1 N–H and O–H groups in total. The molecule has 0 saturated carbocycles. The standard InChI is InChI=1S/C24H26N6O/c1-2-30-21-7-4-3-6-19(21)20-16-18(8-9-22(20)30)27-23(31)17-28-12-14-29(15-13-28)24-25-10-5-11-26-24/h3-11,16H,2,12-15,17H2,1H3,(H,27,31). The van der Waals surface area contributed by atoms with Crippen LogP contribution in [0.1, 0.15) is 6.92 Å². The molecule has 0 bridgehead atoms. The summed E-state index contributed by atoms with van der Waals surface area (Å²) in [5, 5.41) is 5.48. The van der Waals surface area contributed by atoms with Crippen LogP contribution in [-0.2, 0) is 11.3 Å². The molecule has 2 aromatic carbocycles. The lowest BCUT2D eigenvalue weighted by molar-refractivity contribution is -0.117. The Balaban J connectivity index is 1.25. The number of para-hydroxylation sites is 1. The van der Waals surface area contributed by atoms with Gasteiger partial charge >= 0.3 is 0 Å². The molecular weight excluding hydrogens is 388 g/mol. The lowest BCUT2D eigenvalue weighted by Crippen LogP contribution is -2.49. The first-order chi connectivity index (χ1) is 15.2. The van der Waals surface area contributed by atoms with Gasteiger partial charge in [-0.05, 0) is 37.3 Å². The minimum Gasteiger partial charge on any atom is -0.341 e. The summed E-state index contributed by atoms with van der Waals surface area (Å²) >= 11 is 0. The summed E-state index contributed by atoms with van der Waals surface area (Å²) in [6.45, 7) is 6.72. The number of carbonyl (C=O) groups excluding carboxylic acids is 1. The maximum atomic E-state index is 12.7. The molecule has 158 valence electrons. The van der Waals surface area contributed by atoms with Gasteiger partial charge in [0.2, 0.25) is 11.9 Å². The molecule has 3 heterocycles. The molecule has 1 aliphatic rings. The zero-order valence-electron chi connectivity index (χ0n) is 17.7. The zero-order valence-corrected chi connectivity index (χ0v) is 17.7. The second kappa shape index (κ2) is 8.35. The topological polar surface area (TPSA) is 66.3 Å². The van der Waals surface area contributed by atoms with Gasteiger partial charge in [0.1, 0.15) is 0 Å². The number of piperazine rings is 1. The molecule has 0 spiro atoms. The number of hydrogen-bond donors (Lipinski definition) is 1. The Bertz CT molecular complexity index is 1210. The van der Waals surface area contributed by atoms with E-state index in [9.17, 15) is 4.79 Å². The molecule has 7 nitrogen and oxygen atoms in total. The van der Waals surface area contributed by atoms with Crippen molar-refractivity contribution in [2.45, 2.75) is 13.5 Å². The summed E-state index contributed by atoms with van der Waals surface area (Å²) in [5.41, 5.74) is 3.26. The molecule has 1 aliphatic heterocycles. The van der Waals surface area contributed by atoms with E-state index in [2.05, 4.69) is 73.0 Å². The number of fused-ring (bicyclic) bond motifs is 3. The lowest BCUT2D eigenvalue weighted by atomic mass is 10.1. The highest BCUT2D eigenvalue weighted by molar-refractivity contribution is 6.09. The van der Waals surface area contributed by atoms with Crippen LogP contribution in [0, 0.1) is 0 Å². The van der Waals surface area contributed by atoms with Crippen LogP contribution < -0.4 is 10.2 Å². The smallest absolute Gasteiger partial charge is 0.238 e. The van der Waals surface area contributed by atoms with Gasteiger partial charge in [-0.1, -0.05) is 18.2 Å². The van der Waals surface area contributed by atoms with Gasteiger partial charge in [0.05, 0.1) is 6.54 Å². The monoisotopic (exact) mass is 414 g/mol. The molecule has 31 heavy (non-hydrogen) atoms. The number of rotatable bonds is 5. The number of amides is 1. The van der Waals surface area contributed by atoms with Crippen LogP contribution in [0.15, 0.2) is 60.9 Å². The van der Waals surface area contributed by atoms with Crippen LogP contribution in [-0.4, -0.2) is 58.1 Å². The van der Waals surface area contributed by atoms with E-state index in [1.165, 1.54) is 21.8 Å². The van der Waals surface area contributed by atoms with E-state index >= 15 is 0 Å². The number of nitrogens with zero attached hydrogens (tertiary/aromatic N) is 5. The minimum absolute atomic E-state index is 0.0167. The van der Waals surface area contributed by atoms with Crippen molar-refractivity contribution in [1.29, 1.82) is 0 Å². The Labute approximate surface area is 181 Å². The van der Waals surface area contributed by atoms with Crippen molar-refractivity contribution < 1.29 is 4.79 Å². The molecule has 0 radical (unpaired) electrons. The molecule has 2 aromatic heterocycles. The SMILES string of the molecule is CCn1c2ccccc2c2cc(NC(=O)CN3CCN(c4ncccn4)CC3)ccc21. The van der Waals surface area contributed by atoms with Gasteiger partial charge in [-0.15, -0.1) is 0 Å². The van der Waals surface area contributed by atoms with Crippen LogP contribution in [0.25, 0.3) is 21.8 Å². The lowest BCUT2D eigenvalue weighted by Gasteiger charge is -2.34. The summed E-state index contributed by atoms with van der Waals surface area (Å²) in [6, 6.07) is 16.4. The molecule has 0 aliphatic carbocycles. The van der Waals surface area contributed by atoms with Crippen LogP contribution in [0.5, 0.6) is 0 Å². The summed E-state index contributed by atoms with van der Waals surface area (Å²) < 4.78 is 2.31. The Morgan fingerprint density at radius 1 is 0.935 bits per heavy atom. The van der Waals surface area contributed by atoms with E-state index in [0.29, 0.717) is 6.54 Å². The third-order valence-corrected chi connectivity index (χ3v) is 5.95. The van der Waals surface area contributed by atoms with Gasteiger partial charge in [-0.2, -0.15) is 0 Å². The Hall–Kier alpha value is -3.45. The molecule has 1 amide bonds. The van der Waals surface area contributed by atoms with Gasteiger partial charge in [-0.3, -0.25) is 9.69 Å². The fourth-order valence-corrected chi connectivity index (χ4v) is 4.44. The number of carbonyl (C=O) groups is 1. The molecule has 4 aromatic rings. The van der Waals surface area contributed by atoms with E-state index < -0.39 is 0 Å². The van der Waals surface area contributed by atoms with Crippen molar-refractivity contribution in [2.24, 2.45) is 0 Å². The van der Waals surface area contributed by atoms with Gasteiger partial charge in [-0.25, -0.2) is 9.97 Å².